The summed E-state index contributed by atoms with van der Waals surface area (Å²) in [6.45, 7) is 1.66. The zero-order chi connectivity index (χ0) is 9.15. The highest BCUT2D eigenvalue weighted by Gasteiger charge is 2.40. The molecule has 0 radical (unpaired) electrons. The molecule has 76 valence electrons. The summed E-state index contributed by atoms with van der Waals surface area (Å²) in [6, 6.07) is 0. The van der Waals surface area contributed by atoms with Crippen molar-refractivity contribution in [3.63, 3.8) is 0 Å². The van der Waals surface area contributed by atoms with Crippen LogP contribution in [0.3, 0.4) is 0 Å². The van der Waals surface area contributed by atoms with Crippen molar-refractivity contribution >= 4 is 0 Å². The summed E-state index contributed by atoms with van der Waals surface area (Å²) in [7, 11) is 0. The van der Waals surface area contributed by atoms with Crippen LogP contribution in [0.4, 0.5) is 4.39 Å². The van der Waals surface area contributed by atoms with Crippen molar-refractivity contribution in [2.24, 2.45) is 0 Å². The number of halogens is 1. The molecule has 2 aliphatic rings. The standard InChI is InChI=1S/C11H20FN/c12-8-10-13-9-4-7-11(13)5-2-1-3-6-11/h1-10H2. The van der Waals surface area contributed by atoms with E-state index in [0.29, 0.717) is 12.1 Å². The number of hydrogen-bond donors (Lipinski definition) is 0. The lowest BCUT2D eigenvalue weighted by Gasteiger charge is -2.41. The molecule has 2 heteroatoms. The Balaban J connectivity index is 2.00. The molecule has 1 saturated heterocycles. The van der Waals surface area contributed by atoms with Crippen LogP contribution in [0.25, 0.3) is 0 Å². The van der Waals surface area contributed by atoms with Crippen LogP contribution in [0.5, 0.6) is 0 Å². The van der Waals surface area contributed by atoms with Crippen LogP contribution in [-0.4, -0.2) is 30.2 Å². The van der Waals surface area contributed by atoms with Crippen LogP contribution < -0.4 is 0 Å². The van der Waals surface area contributed by atoms with Gasteiger partial charge in [-0.2, -0.15) is 0 Å². The van der Waals surface area contributed by atoms with Crippen molar-refractivity contribution in [3.05, 3.63) is 0 Å². The highest BCUT2D eigenvalue weighted by atomic mass is 19.1. The minimum absolute atomic E-state index is 0.165. The molecule has 0 N–H and O–H groups in total. The summed E-state index contributed by atoms with van der Waals surface area (Å²) in [6.07, 6.45) is 9.39. The van der Waals surface area contributed by atoms with Gasteiger partial charge >= 0.3 is 0 Å². The molecule has 1 heterocycles. The third-order valence-electron chi connectivity index (χ3n) is 3.88. The van der Waals surface area contributed by atoms with E-state index in [1.54, 1.807) is 0 Å². The van der Waals surface area contributed by atoms with Crippen molar-refractivity contribution in [2.45, 2.75) is 50.5 Å². The Labute approximate surface area is 80.3 Å². The smallest absolute Gasteiger partial charge is 0.102 e. The topological polar surface area (TPSA) is 3.24 Å². The lowest BCUT2D eigenvalue weighted by atomic mass is 9.80. The highest BCUT2D eigenvalue weighted by molar-refractivity contribution is 4.97. The molecular formula is C11H20FN. The first kappa shape index (κ1) is 9.45. The molecule has 2 fully saturated rings. The molecule has 2 rings (SSSR count). The fourth-order valence-electron chi connectivity index (χ4n) is 3.22. The second-order valence-electron chi connectivity index (χ2n) is 4.56. The summed E-state index contributed by atoms with van der Waals surface area (Å²) in [5.41, 5.74) is 0.435. The van der Waals surface area contributed by atoms with E-state index in [9.17, 15) is 4.39 Å². The molecule has 1 aliphatic carbocycles. The Hall–Kier alpha value is -0.110. The average Bonchev–Trinajstić information content (AvgIpc) is 2.52. The van der Waals surface area contributed by atoms with Gasteiger partial charge in [0.15, 0.2) is 0 Å². The van der Waals surface area contributed by atoms with Gasteiger partial charge in [-0.05, 0) is 32.2 Å². The van der Waals surface area contributed by atoms with E-state index in [0.717, 1.165) is 6.54 Å². The highest BCUT2D eigenvalue weighted by Crippen LogP contribution is 2.41. The molecular weight excluding hydrogens is 165 g/mol. The minimum atomic E-state index is -0.165. The minimum Gasteiger partial charge on any atom is -0.295 e. The van der Waals surface area contributed by atoms with Crippen LogP contribution in [0.2, 0.25) is 0 Å². The van der Waals surface area contributed by atoms with Crippen molar-refractivity contribution in [1.29, 1.82) is 0 Å². The maximum Gasteiger partial charge on any atom is 0.102 e. The van der Waals surface area contributed by atoms with Crippen LogP contribution in [-0.2, 0) is 0 Å². The first-order valence-corrected chi connectivity index (χ1v) is 5.68. The van der Waals surface area contributed by atoms with Gasteiger partial charge in [0, 0.05) is 12.1 Å². The number of likely N-dealkylation sites (tertiary alicyclic amines) is 1. The number of rotatable bonds is 2. The molecule has 1 saturated carbocycles. The fraction of sp³-hybridized carbons (Fsp3) is 1.00. The summed E-state index contributed by atoms with van der Waals surface area (Å²) in [5, 5.41) is 0. The predicted molar refractivity (Wildman–Crippen MR) is 52.6 cm³/mol. The van der Waals surface area contributed by atoms with E-state index >= 15 is 0 Å². The van der Waals surface area contributed by atoms with Crippen LogP contribution in [0, 0.1) is 0 Å². The van der Waals surface area contributed by atoms with E-state index in [-0.39, 0.29) is 6.67 Å². The van der Waals surface area contributed by atoms with Gasteiger partial charge in [0.05, 0.1) is 0 Å². The Morgan fingerprint density at radius 3 is 2.38 bits per heavy atom. The second kappa shape index (κ2) is 3.95. The molecule has 0 amide bonds. The zero-order valence-corrected chi connectivity index (χ0v) is 8.40. The number of hydrogen-bond acceptors (Lipinski definition) is 1. The average molecular weight is 185 g/mol. The van der Waals surface area contributed by atoms with E-state index in [1.165, 1.54) is 44.9 Å². The van der Waals surface area contributed by atoms with Gasteiger partial charge in [-0.1, -0.05) is 19.3 Å². The molecule has 0 bridgehead atoms. The normalized spacial score (nSPS) is 28.4. The maximum absolute atomic E-state index is 12.3. The zero-order valence-electron chi connectivity index (χ0n) is 8.40. The summed E-state index contributed by atoms with van der Waals surface area (Å²) >= 11 is 0. The molecule has 0 atom stereocenters. The van der Waals surface area contributed by atoms with Gasteiger partial charge in [0.25, 0.3) is 0 Å². The second-order valence-corrected chi connectivity index (χ2v) is 4.56. The Morgan fingerprint density at radius 2 is 1.69 bits per heavy atom. The first-order chi connectivity index (χ1) is 6.37. The van der Waals surface area contributed by atoms with Crippen molar-refractivity contribution in [2.75, 3.05) is 19.8 Å². The summed E-state index contributed by atoms with van der Waals surface area (Å²) in [5.74, 6) is 0. The van der Waals surface area contributed by atoms with Crippen LogP contribution in [0.1, 0.15) is 44.9 Å². The third-order valence-corrected chi connectivity index (χ3v) is 3.88. The van der Waals surface area contributed by atoms with Gasteiger partial charge < -0.3 is 0 Å². The van der Waals surface area contributed by atoms with Gasteiger partial charge in [-0.3, -0.25) is 4.90 Å². The van der Waals surface area contributed by atoms with Gasteiger partial charge in [0.2, 0.25) is 0 Å². The Morgan fingerprint density at radius 1 is 1.00 bits per heavy atom. The molecule has 0 aromatic rings. The molecule has 1 aliphatic heterocycles. The predicted octanol–water partition coefficient (Wildman–Crippen LogP) is 2.75. The van der Waals surface area contributed by atoms with E-state index in [1.807, 2.05) is 0 Å². The summed E-state index contributed by atoms with van der Waals surface area (Å²) in [4.78, 5) is 2.42. The van der Waals surface area contributed by atoms with Crippen LogP contribution in [0.15, 0.2) is 0 Å². The fourth-order valence-corrected chi connectivity index (χ4v) is 3.22. The van der Waals surface area contributed by atoms with Crippen molar-refractivity contribution < 1.29 is 4.39 Å². The largest absolute Gasteiger partial charge is 0.295 e. The van der Waals surface area contributed by atoms with Crippen LogP contribution >= 0.6 is 0 Å². The van der Waals surface area contributed by atoms with Gasteiger partial charge in [0.1, 0.15) is 6.67 Å². The number of alkyl halides is 1. The third kappa shape index (κ3) is 1.74. The Bertz CT molecular complexity index is 163. The lowest BCUT2D eigenvalue weighted by Crippen LogP contribution is -2.46. The van der Waals surface area contributed by atoms with E-state index in [4.69, 9.17) is 0 Å². The SMILES string of the molecule is FCCN1CCCC12CCCCC2. The monoisotopic (exact) mass is 185 g/mol. The quantitative estimate of drug-likeness (QED) is 0.639. The molecule has 1 spiro atoms. The number of nitrogens with zero attached hydrogens (tertiary/aromatic N) is 1. The maximum atomic E-state index is 12.3. The molecule has 0 aromatic heterocycles. The first-order valence-electron chi connectivity index (χ1n) is 5.68. The van der Waals surface area contributed by atoms with E-state index < -0.39 is 0 Å². The molecule has 1 nitrogen and oxygen atoms in total. The van der Waals surface area contributed by atoms with Crippen molar-refractivity contribution in [1.82, 2.24) is 4.90 Å². The van der Waals surface area contributed by atoms with Gasteiger partial charge in [-0.25, -0.2) is 4.39 Å². The van der Waals surface area contributed by atoms with Crippen molar-refractivity contribution in [3.8, 4) is 0 Å². The summed E-state index contributed by atoms with van der Waals surface area (Å²) < 4.78 is 12.3. The molecule has 0 aromatic carbocycles. The van der Waals surface area contributed by atoms with Gasteiger partial charge in [-0.15, -0.1) is 0 Å². The molecule has 0 unspecified atom stereocenters. The van der Waals surface area contributed by atoms with E-state index in [2.05, 4.69) is 4.90 Å². The lowest BCUT2D eigenvalue weighted by molar-refractivity contribution is 0.0865. The molecule has 13 heavy (non-hydrogen) atoms. The Kier molecular flexibility index (Phi) is 2.87.